The number of guanidine groups is 1. The highest BCUT2D eigenvalue weighted by Gasteiger charge is 2.34. The summed E-state index contributed by atoms with van der Waals surface area (Å²) in [6.45, 7) is 0.465. The summed E-state index contributed by atoms with van der Waals surface area (Å²) in [5.74, 6) is 1.33. The quantitative estimate of drug-likeness (QED) is 0.565. The molecule has 5 nitrogen and oxygen atoms in total. The minimum absolute atomic E-state index is 0.0452. The number of rotatable bonds is 5. The normalized spacial score (nSPS) is 19.1. The predicted octanol–water partition coefficient (Wildman–Crippen LogP) is 2.76. The highest BCUT2D eigenvalue weighted by Crippen LogP contribution is 2.25. The Hall–Kier alpha value is -1.48. The van der Waals surface area contributed by atoms with Gasteiger partial charge in [-0.05, 0) is 40.0 Å². The SMILES string of the molecule is CN=C(NCc1ccc(OC)c(Br)c1)NC1CCN(CC(F)(F)F)C1. The summed E-state index contributed by atoms with van der Waals surface area (Å²) in [6, 6.07) is 5.70. The van der Waals surface area contributed by atoms with Gasteiger partial charge in [0.25, 0.3) is 0 Å². The van der Waals surface area contributed by atoms with Crippen molar-refractivity contribution in [1.29, 1.82) is 0 Å². The maximum atomic E-state index is 12.4. The highest BCUT2D eigenvalue weighted by molar-refractivity contribution is 9.10. The summed E-state index contributed by atoms with van der Waals surface area (Å²) < 4.78 is 43.4. The Labute approximate surface area is 153 Å². The van der Waals surface area contributed by atoms with Crippen molar-refractivity contribution in [3.63, 3.8) is 0 Å². The predicted molar refractivity (Wildman–Crippen MR) is 94.9 cm³/mol. The van der Waals surface area contributed by atoms with Crippen LogP contribution in [0.4, 0.5) is 13.2 Å². The Morgan fingerprint density at radius 2 is 2.20 bits per heavy atom. The first-order valence-corrected chi connectivity index (χ1v) is 8.68. The van der Waals surface area contributed by atoms with E-state index in [1.807, 2.05) is 18.2 Å². The molecule has 0 spiro atoms. The molecular formula is C16H22BrF3N4O. The van der Waals surface area contributed by atoms with Gasteiger partial charge in [-0.25, -0.2) is 0 Å². The van der Waals surface area contributed by atoms with E-state index in [-0.39, 0.29) is 6.04 Å². The van der Waals surface area contributed by atoms with Gasteiger partial charge in [-0.15, -0.1) is 0 Å². The lowest BCUT2D eigenvalue weighted by molar-refractivity contribution is -0.143. The van der Waals surface area contributed by atoms with E-state index in [9.17, 15) is 13.2 Å². The lowest BCUT2D eigenvalue weighted by atomic mass is 10.2. The fraction of sp³-hybridized carbons (Fsp3) is 0.562. The molecule has 25 heavy (non-hydrogen) atoms. The number of halogens is 4. The van der Waals surface area contributed by atoms with Crippen LogP contribution in [0.3, 0.4) is 0 Å². The summed E-state index contributed by atoms with van der Waals surface area (Å²) in [6.07, 6.45) is -3.50. The summed E-state index contributed by atoms with van der Waals surface area (Å²) in [5.41, 5.74) is 1.03. The van der Waals surface area contributed by atoms with Crippen molar-refractivity contribution in [2.24, 2.45) is 4.99 Å². The lowest BCUT2D eigenvalue weighted by Gasteiger charge is -2.20. The van der Waals surface area contributed by atoms with Crippen molar-refractivity contribution in [1.82, 2.24) is 15.5 Å². The largest absolute Gasteiger partial charge is 0.496 e. The average Bonchev–Trinajstić information content (AvgIpc) is 2.96. The summed E-state index contributed by atoms with van der Waals surface area (Å²) in [5, 5.41) is 6.36. The third kappa shape index (κ3) is 6.39. The van der Waals surface area contributed by atoms with Crippen molar-refractivity contribution >= 4 is 21.9 Å². The Morgan fingerprint density at radius 3 is 2.80 bits per heavy atom. The second-order valence-corrected chi connectivity index (χ2v) is 6.73. The maximum absolute atomic E-state index is 12.4. The zero-order chi connectivity index (χ0) is 18.4. The Morgan fingerprint density at radius 1 is 1.44 bits per heavy atom. The number of nitrogens with one attached hydrogen (secondary N) is 2. The van der Waals surface area contributed by atoms with E-state index in [0.29, 0.717) is 32.0 Å². The molecule has 1 aliphatic heterocycles. The molecule has 0 bridgehead atoms. The molecule has 0 aromatic heterocycles. The molecule has 1 heterocycles. The number of methoxy groups -OCH3 is 1. The van der Waals surface area contributed by atoms with Crippen molar-refractivity contribution in [2.75, 3.05) is 33.8 Å². The summed E-state index contributed by atoms with van der Waals surface area (Å²) in [4.78, 5) is 5.55. The molecule has 1 fully saturated rings. The molecule has 1 saturated heterocycles. The molecule has 0 radical (unpaired) electrons. The molecule has 1 aromatic carbocycles. The van der Waals surface area contributed by atoms with E-state index in [1.54, 1.807) is 14.2 Å². The van der Waals surface area contributed by atoms with Crippen LogP contribution in [0.2, 0.25) is 0 Å². The third-order valence-corrected chi connectivity index (χ3v) is 4.54. The molecule has 9 heteroatoms. The number of likely N-dealkylation sites (tertiary alicyclic amines) is 1. The van der Waals surface area contributed by atoms with Gasteiger partial charge >= 0.3 is 6.18 Å². The standard InChI is InChI=1S/C16H22BrF3N4O/c1-21-15(22-8-11-3-4-14(25-2)13(17)7-11)23-12-5-6-24(9-12)10-16(18,19)20/h3-4,7,12H,5-6,8-10H2,1-2H3,(H2,21,22,23). The van der Waals surface area contributed by atoms with E-state index < -0.39 is 12.7 Å². The first-order valence-electron chi connectivity index (χ1n) is 7.89. The fourth-order valence-corrected chi connectivity index (χ4v) is 3.33. The highest BCUT2D eigenvalue weighted by atomic mass is 79.9. The van der Waals surface area contributed by atoms with E-state index in [4.69, 9.17) is 4.74 Å². The lowest BCUT2D eigenvalue weighted by Crippen LogP contribution is -2.44. The van der Waals surface area contributed by atoms with Gasteiger partial charge < -0.3 is 15.4 Å². The van der Waals surface area contributed by atoms with Crippen LogP contribution in [0.1, 0.15) is 12.0 Å². The number of alkyl halides is 3. The van der Waals surface area contributed by atoms with Gasteiger partial charge in [0.15, 0.2) is 5.96 Å². The Bertz CT molecular complexity index is 610. The number of aliphatic imine (C=N–C) groups is 1. The van der Waals surface area contributed by atoms with Crippen LogP contribution in [-0.4, -0.2) is 56.9 Å². The molecule has 1 unspecified atom stereocenters. The van der Waals surface area contributed by atoms with Crippen LogP contribution in [0.25, 0.3) is 0 Å². The second kappa shape index (κ2) is 8.75. The third-order valence-electron chi connectivity index (χ3n) is 3.92. The van der Waals surface area contributed by atoms with Crippen molar-refractivity contribution in [2.45, 2.75) is 25.2 Å². The van der Waals surface area contributed by atoms with Crippen molar-refractivity contribution in [3.8, 4) is 5.75 Å². The van der Waals surface area contributed by atoms with Crippen LogP contribution in [0.5, 0.6) is 5.75 Å². The summed E-state index contributed by atoms with van der Waals surface area (Å²) in [7, 11) is 3.25. The monoisotopic (exact) mass is 422 g/mol. The van der Waals surface area contributed by atoms with Crippen LogP contribution >= 0.6 is 15.9 Å². The zero-order valence-corrected chi connectivity index (χ0v) is 15.7. The van der Waals surface area contributed by atoms with Crippen LogP contribution in [0.15, 0.2) is 27.7 Å². The smallest absolute Gasteiger partial charge is 0.401 e. The van der Waals surface area contributed by atoms with Gasteiger partial charge in [0.2, 0.25) is 0 Å². The molecule has 0 amide bonds. The van der Waals surface area contributed by atoms with Crippen molar-refractivity contribution in [3.05, 3.63) is 28.2 Å². The number of ether oxygens (including phenoxy) is 1. The minimum atomic E-state index is -4.16. The first kappa shape index (κ1) is 19.8. The van der Waals surface area contributed by atoms with Crippen LogP contribution < -0.4 is 15.4 Å². The number of hydrogen-bond donors (Lipinski definition) is 2. The fourth-order valence-electron chi connectivity index (χ4n) is 2.74. The molecule has 1 aromatic rings. The molecule has 140 valence electrons. The molecule has 0 aliphatic carbocycles. The molecule has 0 saturated carbocycles. The topological polar surface area (TPSA) is 48.9 Å². The zero-order valence-electron chi connectivity index (χ0n) is 14.2. The molecule has 2 N–H and O–H groups in total. The second-order valence-electron chi connectivity index (χ2n) is 5.87. The molecule has 2 rings (SSSR count). The molecule has 1 aliphatic rings. The van der Waals surface area contributed by atoms with Gasteiger partial charge in [0.1, 0.15) is 5.75 Å². The number of nitrogens with zero attached hydrogens (tertiary/aromatic N) is 2. The van der Waals surface area contributed by atoms with E-state index in [2.05, 4.69) is 31.6 Å². The van der Waals surface area contributed by atoms with E-state index in [1.165, 1.54) is 4.90 Å². The van der Waals surface area contributed by atoms with E-state index >= 15 is 0 Å². The Balaban J connectivity index is 1.82. The first-order chi connectivity index (χ1) is 11.8. The number of hydrogen-bond acceptors (Lipinski definition) is 3. The molecule has 1 atom stereocenters. The average molecular weight is 423 g/mol. The molecular weight excluding hydrogens is 401 g/mol. The minimum Gasteiger partial charge on any atom is -0.496 e. The number of benzene rings is 1. The van der Waals surface area contributed by atoms with Gasteiger partial charge in [-0.2, -0.15) is 13.2 Å². The van der Waals surface area contributed by atoms with E-state index in [0.717, 1.165) is 15.8 Å². The maximum Gasteiger partial charge on any atom is 0.401 e. The Kier molecular flexibility index (Phi) is 6.95. The van der Waals surface area contributed by atoms with Gasteiger partial charge in [0, 0.05) is 32.7 Å². The van der Waals surface area contributed by atoms with Gasteiger partial charge in [0.05, 0.1) is 18.1 Å². The van der Waals surface area contributed by atoms with Gasteiger partial charge in [-0.3, -0.25) is 9.89 Å². The van der Waals surface area contributed by atoms with Crippen LogP contribution in [-0.2, 0) is 6.54 Å². The van der Waals surface area contributed by atoms with Crippen molar-refractivity contribution < 1.29 is 17.9 Å². The summed E-state index contributed by atoms with van der Waals surface area (Å²) >= 11 is 3.44. The van der Waals surface area contributed by atoms with Crippen LogP contribution in [0, 0.1) is 0 Å². The van der Waals surface area contributed by atoms with Gasteiger partial charge in [-0.1, -0.05) is 6.07 Å².